The zero-order chi connectivity index (χ0) is 10.1. The number of aryl methyl sites for hydroxylation is 1. The fourth-order valence-corrected chi connectivity index (χ4v) is 1.53. The molecule has 1 aromatic rings. The average Bonchev–Trinajstić information content (AvgIpc) is 2.01. The summed E-state index contributed by atoms with van der Waals surface area (Å²) in [6.45, 7) is 8.76. The summed E-state index contributed by atoms with van der Waals surface area (Å²) in [6.07, 6.45) is 0. The number of rotatable bonds is 1. The van der Waals surface area contributed by atoms with E-state index in [1.807, 2.05) is 0 Å². The second-order valence-corrected chi connectivity index (χ2v) is 4.89. The van der Waals surface area contributed by atoms with Crippen molar-refractivity contribution < 1.29 is 28.0 Å². The van der Waals surface area contributed by atoms with Gasteiger partial charge in [-0.2, -0.15) is 0 Å². The summed E-state index contributed by atoms with van der Waals surface area (Å²) in [4.78, 5) is 0. The summed E-state index contributed by atoms with van der Waals surface area (Å²) >= 11 is 1.09. The zero-order valence-corrected chi connectivity index (χ0v) is 13.5. The van der Waals surface area contributed by atoms with E-state index < -0.39 is 0 Å². The maximum Gasteiger partial charge on any atom is -0.147 e. The SMILES string of the molecule is Cc1cc([O][Zr])cc(C(C)(C)C)c1.Cl.Cl. The van der Waals surface area contributed by atoms with Gasteiger partial charge in [0.25, 0.3) is 0 Å². The molecule has 4 heteroatoms. The van der Waals surface area contributed by atoms with E-state index in [1.54, 1.807) is 0 Å². The van der Waals surface area contributed by atoms with E-state index in [1.165, 1.54) is 11.1 Å². The third kappa shape index (κ3) is 5.38. The summed E-state index contributed by atoms with van der Waals surface area (Å²) in [6, 6.07) is 6.42. The molecule has 0 unspecified atom stereocenters. The molecule has 1 rings (SSSR count). The molecule has 0 N–H and O–H groups in total. The average molecular weight is 327 g/mol. The van der Waals surface area contributed by atoms with E-state index in [4.69, 9.17) is 2.81 Å². The number of hydrogen-bond acceptors (Lipinski definition) is 1. The molecule has 85 valence electrons. The minimum absolute atomic E-state index is 0. The van der Waals surface area contributed by atoms with Gasteiger partial charge < -0.3 is 0 Å². The Hall–Kier alpha value is 0.483. The van der Waals surface area contributed by atoms with Crippen LogP contribution in [0.4, 0.5) is 0 Å². The minimum Gasteiger partial charge on any atom is -0.147 e. The van der Waals surface area contributed by atoms with Crippen LogP contribution < -0.4 is 2.81 Å². The van der Waals surface area contributed by atoms with Crippen LogP contribution in [0.3, 0.4) is 0 Å². The second-order valence-electron chi connectivity index (χ2n) is 4.39. The van der Waals surface area contributed by atoms with E-state index in [0.717, 1.165) is 30.9 Å². The molecule has 0 amide bonds. The van der Waals surface area contributed by atoms with Gasteiger partial charge in [-0.25, -0.2) is 0 Å². The van der Waals surface area contributed by atoms with Gasteiger partial charge in [-0.05, 0) is 0 Å². The largest absolute Gasteiger partial charge is 0.147 e. The zero-order valence-electron chi connectivity index (χ0n) is 9.46. The molecule has 0 fully saturated rings. The fraction of sp³-hybridized carbons (Fsp3) is 0.455. The van der Waals surface area contributed by atoms with Crippen molar-refractivity contribution in [1.29, 1.82) is 0 Å². The molecule has 0 heterocycles. The summed E-state index contributed by atoms with van der Waals surface area (Å²) in [7, 11) is 0. The Morgan fingerprint density at radius 3 is 2.00 bits per heavy atom. The molecular formula is C11H17Cl2OZr. The predicted octanol–water partition coefficient (Wildman–Crippen LogP) is 3.98. The van der Waals surface area contributed by atoms with Crippen LogP contribution in [-0.2, 0) is 30.6 Å². The number of halogens is 2. The van der Waals surface area contributed by atoms with Crippen molar-refractivity contribution in [3.63, 3.8) is 0 Å². The molecule has 1 nitrogen and oxygen atoms in total. The Bertz CT molecular complexity index is 308. The molecular weight excluding hydrogens is 310 g/mol. The Morgan fingerprint density at radius 2 is 1.60 bits per heavy atom. The number of hydrogen-bond donors (Lipinski definition) is 0. The van der Waals surface area contributed by atoms with Gasteiger partial charge in [0.05, 0.1) is 0 Å². The van der Waals surface area contributed by atoms with Gasteiger partial charge in [-0.15, -0.1) is 24.8 Å². The summed E-state index contributed by atoms with van der Waals surface area (Å²) in [5.74, 6) is 0.989. The van der Waals surface area contributed by atoms with Crippen molar-refractivity contribution in [2.45, 2.75) is 33.1 Å². The van der Waals surface area contributed by atoms with E-state index in [9.17, 15) is 0 Å². The van der Waals surface area contributed by atoms with Crippen molar-refractivity contribution in [1.82, 2.24) is 0 Å². The predicted molar refractivity (Wildman–Crippen MR) is 65.0 cm³/mol. The molecule has 0 radical (unpaired) electrons. The van der Waals surface area contributed by atoms with Gasteiger partial charge in [0.15, 0.2) is 0 Å². The molecule has 0 aliphatic rings. The van der Waals surface area contributed by atoms with Gasteiger partial charge in [0, 0.05) is 0 Å². The quantitative estimate of drug-likeness (QED) is 0.758. The molecule has 0 saturated carbocycles. The summed E-state index contributed by atoms with van der Waals surface area (Å²) in [5, 5.41) is 0. The first-order chi connectivity index (χ1) is 5.93. The molecule has 1 aromatic carbocycles. The van der Waals surface area contributed by atoms with Crippen molar-refractivity contribution in [3.05, 3.63) is 29.3 Å². The van der Waals surface area contributed by atoms with Crippen molar-refractivity contribution in [3.8, 4) is 5.75 Å². The normalized spacial score (nSPS) is 9.80. The van der Waals surface area contributed by atoms with Gasteiger partial charge in [-0.1, -0.05) is 0 Å². The maximum atomic E-state index is 5.32. The Kier molecular flexibility index (Phi) is 8.26. The fourth-order valence-electron chi connectivity index (χ4n) is 1.24. The monoisotopic (exact) mass is 325 g/mol. The maximum absolute atomic E-state index is 5.32. The summed E-state index contributed by atoms with van der Waals surface area (Å²) in [5.41, 5.74) is 2.81. The minimum atomic E-state index is 0. The molecule has 0 saturated heterocycles. The van der Waals surface area contributed by atoms with Crippen LogP contribution in [-0.4, -0.2) is 0 Å². The first-order valence-corrected chi connectivity index (χ1v) is 5.39. The van der Waals surface area contributed by atoms with Crippen LogP contribution in [0.25, 0.3) is 0 Å². The van der Waals surface area contributed by atoms with E-state index >= 15 is 0 Å². The third-order valence-electron chi connectivity index (χ3n) is 2.03. The Balaban J connectivity index is 0. The smallest absolute Gasteiger partial charge is 0.147 e. The van der Waals surface area contributed by atoms with Crippen molar-refractivity contribution >= 4 is 24.8 Å². The molecule has 0 atom stereocenters. The third-order valence-corrected chi connectivity index (χ3v) is 2.61. The van der Waals surface area contributed by atoms with Gasteiger partial charge in [0.1, 0.15) is 0 Å². The van der Waals surface area contributed by atoms with Crippen molar-refractivity contribution in [2.24, 2.45) is 0 Å². The van der Waals surface area contributed by atoms with Gasteiger partial charge >= 0.3 is 96.2 Å². The van der Waals surface area contributed by atoms with Crippen LogP contribution >= 0.6 is 24.8 Å². The van der Waals surface area contributed by atoms with Crippen LogP contribution in [0, 0.1) is 6.92 Å². The first-order valence-electron chi connectivity index (χ1n) is 4.39. The Morgan fingerprint density at radius 1 is 1.07 bits per heavy atom. The molecule has 0 aliphatic heterocycles. The molecule has 15 heavy (non-hydrogen) atoms. The standard InChI is InChI=1S/C11H16O.2ClH.Zr/c1-8-5-9(11(2,3)4)7-10(12)6-8;;;/h5-7,12H,1-4H3;2*1H;/q;;;+1/p-1. The topological polar surface area (TPSA) is 9.23 Å². The van der Waals surface area contributed by atoms with E-state index in [-0.39, 0.29) is 30.2 Å². The van der Waals surface area contributed by atoms with Crippen LogP contribution in [0.1, 0.15) is 31.9 Å². The second kappa shape index (κ2) is 6.94. The number of benzene rings is 1. The van der Waals surface area contributed by atoms with Crippen LogP contribution in [0.2, 0.25) is 0 Å². The van der Waals surface area contributed by atoms with Gasteiger partial charge in [0.2, 0.25) is 0 Å². The van der Waals surface area contributed by atoms with Gasteiger partial charge in [-0.3, -0.25) is 0 Å². The molecule has 0 aliphatic carbocycles. The molecule has 0 aromatic heterocycles. The molecule has 0 spiro atoms. The van der Waals surface area contributed by atoms with Crippen molar-refractivity contribution in [2.75, 3.05) is 0 Å². The molecule has 0 bridgehead atoms. The first kappa shape index (κ1) is 17.9. The van der Waals surface area contributed by atoms with E-state index in [0.29, 0.717) is 0 Å². The Labute approximate surface area is 120 Å². The van der Waals surface area contributed by atoms with Crippen LogP contribution in [0.15, 0.2) is 18.2 Å². The summed E-state index contributed by atoms with van der Waals surface area (Å²) < 4.78 is 5.32. The van der Waals surface area contributed by atoms with E-state index in [2.05, 4.69) is 45.9 Å². The van der Waals surface area contributed by atoms with Crippen LogP contribution in [0.5, 0.6) is 5.75 Å².